The van der Waals surface area contributed by atoms with E-state index in [1.165, 1.54) is 26.4 Å². The van der Waals surface area contributed by atoms with E-state index in [1.54, 1.807) is 24.3 Å². The monoisotopic (exact) mass is 285 g/mol. The van der Waals surface area contributed by atoms with Crippen LogP contribution in [0.15, 0.2) is 36.4 Å². The summed E-state index contributed by atoms with van der Waals surface area (Å²) in [5.74, 6) is -1.70. The number of carbonyl (C=O) groups is 1. The fourth-order valence-corrected chi connectivity index (χ4v) is 2.93. The first kappa shape index (κ1) is 13.6. The third-order valence-corrected chi connectivity index (χ3v) is 3.87. The summed E-state index contributed by atoms with van der Waals surface area (Å²) in [6, 6.07) is 9.91. The Bertz CT molecular complexity index is 735. The molecule has 108 valence electrons. The predicted molar refractivity (Wildman–Crippen MR) is 77.2 cm³/mol. The van der Waals surface area contributed by atoms with Gasteiger partial charge in [-0.2, -0.15) is 0 Å². The number of rotatable bonds is 2. The van der Waals surface area contributed by atoms with E-state index in [2.05, 4.69) is 0 Å². The van der Waals surface area contributed by atoms with Gasteiger partial charge in [-0.15, -0.1) is 0 Å². The van der Waals surface area contributed by atoms with Crippen molar-refractivity contribution in [1.82, 2.24) is 0 Å². The zero-order valence-electron chi connectivity index (χ0n) is 11.7. The average Bonchev–Trinajstić information content (AvgIpc) is 2.52. The van der Waals surface area contributed by atoms with Crippen molar-refractivity contribution in [2.75, 3.05) is 20.0 Å². The van der Waals surface area contributed by atoms with Crippen molar-refractivity contribution in [3.05, 3.63) is 58.7 Å². The van der Waals surface area contributed by atoms with Gasteiger partial charge in [0, 0.05) is 31.0 Å². The molecule has 21 heavy (non-hydrogen) atoms. The number of phenols is 1. The molecule has 0 amide bonds. The van der Waals surface area contributed by atoms with Gasteiger partial charge in [0.1, 0.15) is 5.75 Å². The first-order chi connectivity index (χ1) is 10.1. The number of hydrogen-bond acceptors (Lipinski definition) is 5. The molecule has 5 heteroatoms. The fraction of sp³-hybridized carbons (Fsp3) is 0.188. The largest absolute Gasteiger partial charge is 0.507 e. The molecule has 0 heterocycles. The lowest BCUT2D eigenvalue weighted by molar-refractivity contribution is -0.185. The summed E-state index contributed by atoms with van der Waals surface area (Å²) in [6.07, 6.45) is 0. The van der Waals surface area contributed by atoms with E-state index in [1.807, 2.05) is 0 Å². The van der Waals surface area contributed by atoms with Gasteiger partial charge in [0.2, 0.25) is 5.79 Å². The van der Waals surface area contributed by atoms with E-state index in [9.17, 15) is 9.90 Å². The predicted octanol–water partition coefficient (Wildman–Crippen LogP) is 2.01. The van der Waals surface area contributed by atoms with Crippen LogP contribution in [0.1, 0.15) is 27.0 Å². The maximum atomic E-state index is 12.7. The molecule has 0 saturated carbocycles. The minimum absolute atomic E-state index is 0.0919. The first-order valence-electron chi connectivity index (χ1n) is 6.43. The van der Waals surface area contributed by atoms with Crippen LogP contribution in [0.5, 0.6) is 5.75 Å². The number of methoxy groups -OCH3 is 2. The first-order valence-corrected chi connectivity index (χ1v) is 6.43. The number of nitrogen functional groups attached to an aromatic ring is 1. The Kier molecular flexibility index (Phi) is 2.97. The smallest absolute Gasteiger partial charge is 0.227 e. The summed E-state index contributed by atoms with van der Waals surface area (Å²) < 4.78 is 11.2. The molecule has 1 aliphatic carbocycles. The maximum absolute atomic E-state index is 12.7. The fourth-order valence-electron chi connectivity index (χ4n) is 2.93. The molecule has 0 aliphatic heterocycles. The lowest BCUT2D eigenvalue weighted by atomic mass is 9.79. The Morgan fingerprint density at radius 2 is 1.76 bits per heavy atom. The number of aromatic hydroxyl groups is 1. The van der Waals surface area contributed by atoms with Gasteiger partial charge in [-0.25, -0.2) is 0 Å². The molecule has 0 saturated heterocycles. The topological polar surface area (TPSA) is 81.8 Å². The number of phenolic OH excluding ortho intramolecular Hbond substituents is 1. The molecule has 0 aromatic heterocycles. The van der Waals surface area contributed by atoms with Crippen molar-refractivity contribution >= 4 is 11.5 Å². The Balaban J connectivity index is 2.47. The molecule has 3 rings (SSSR count). The second-order valence-corrected chi connectivity index (χ2v) is 4.82. The van der Waals surface area contributed by atoms with Gasteiger partial charge in [-0.05, 0) is 12.1 Å². The van der Waals surface area contributed by atoms with E-state index >= 15 is 0 Å². The SMILES string of the molecule is COC1(OC)c2ccccc2C(=O)c2c(N)ccc(O)c21. The molecule has 1 aliphatic rings. The number of ketones is 1. The molecule has 5 nitrogen and oxygen atoms in total. The molecule has 0 radical (unpaired) electrons. The van der Waals surface area contributed by atoms with Crippen LogP contribution < -0.4 is 5.73 Å². The Labute approximate surface area is 121 Å². The van der Waals surface area contributed by atoms with Crippen molar-refractivity contribution in [3.8, 4) is 5.75 Å². The van der Waals surface area contributed by atoms with Gasteiger partial charge in [0.05, 0.1) is 11.1 Å². The van der Waals surface area contributed by atoms with Gasteiger partial charge in [-0.3, -0.25) is 4.79 Å². The van der Waals surface area contributed by atoms with Crippen LogP contribution in [0, 0.1) is 0 Å². The Morgan fingerprint density at radius 1 is 1.10 bits per heavy atom. The second-order valence-electron chi connectivity index (χ2n) is 4.82. The van der Waals surface area contributed by atoms with Gasteiger partial charge >= 0.3 is 0 Å². The number of benzene rings is 2. The van der Waals surface area contributed by atoms with E-state index in [-0.39, 0.29) is 28.3 Å². The van der Waals surface area contributed by atoms with Crippen molar-refractivity contribution in [1.29, 1.82) is 0 Å². The molecule has 0 unspecified atom stereocenters. The van der Waals surface area contributed by atoms with E-state index in [0.717, 1.165) is 0 Å². The highest BCUT2D eigenvalue weighted by Gasteiger charge is 2.47. The number of anilines is 1. The highest BCUT2D eigenvalue weighted by Crippen LogP contribution is 2.48. The molecule has 3 N–H and O–H groups in total. The second kappa shape index (κ2) is 4.58. The highest BCUT2D eigenvalue weighted by molar-refractivity contribution is 6.16. The molecule has 0 bridgehead atoms. The maximum Gasteiger partial charge on any atom is 0.227 e. The lowest BCUT2D eigenvalue weighted by Gasteiger charge is -2.38. The van der Waals surface area contributed by atoms with Crippen molar-refractivity contribution in [3.63, 3.8) is 0 Å². The van der Waals surface area contributed by atoms with Crippen LogP contribution in [0.4, 0.5) is 5.69 Å². The summed E-state index contributed by atoms with van der Waals surface area (Å²) in [4.78, 5) is 12.7. The summed E-state index contributed by atoms with van der Waals surface area (Å²) in [5, 5.41) is 10.3. The standard InChI is InChI=1S/C16H15NO4/c1-20-16(21-2)10-6-4-3-5-9(10)15(19)13-11(17)7-8-12(18)14(13)16/h3-8,18H,17H2,1-2H3. The van der Waals surface area contributed by atoms with Crippen LogP contribution in [0.25, 0.3) is 0 Å². The molecule has 0 atom stereocenters. The van der Waals surface area contributed by atoms with E-state index in [0.29, 0.717) is 11.1 Å². The Hall–Kier alpha value is -2.37. The lowest BCUT2D eigenvalue weighted by Crippen LogP contribution is -2.39. The number of ether oxygens (including phenoxy) is 2. The van der Waals surface area contributed by atoms with Gasteiger partial charge < -0.3 is 20.3 Å². The summed E-state index contributed by atoms with van der Waals surface area (Å²) >= 11 is 0. The zero-order valence-corrected chi connectivity index (χ0v) is 11.7. The van der Waals surface area contributed by atoms with Crippen LogP contribution in [0.2, 0.25) is 0 Å². The van der Waals surface area contributed by atoms with Gasteiger partial charge in [-0.1, -0.05) is 24.3 Å². The number of hydrogen-bond donors (Lipinski definition) is 2. The van der Waals surface area contributed by atoms with E-state index in [4.69, 9.17) is 15.2 Å². The van der Waals surface area contributed by atoms with Crippen molar-refractivity contribution in [2.24, 2.45) is 0 Å². The Morgan fingerprint density at radius 3 is 2.43 bits per heavy atom. The van der Waals surface area contributed by atoms with Crippen molar-refractivity contribution < 1.29 is 19.4 Å². The third-order valence-electron chi connectivity index (χ3n) is 3.87. The highest BCUT2D eigenvalue weighted by atomic mass is 16.7. The molecule has 0 fully saturated rings. The summed E-state index contributed by atoms with van der Waals surface area (Å²) in [6.45, 7) is 0. The molecule has 2 aromatic carbocycles. The third kappa shape index (κ3) is 1.62. The summed E-state index contributed by atoms with van der Waals surface area (Å²) in [7, 11) is 2.92. The number of fused-ring (bicyclic) bond motifs is 2. The molecular formula is C16H15NO4. The average molecular weight is 285 g/mol. The van der Waals surface area contributed by atoms with Crippen molar-refractivity contribution in [2.45, 2.75) is 5.79 Å². The molecular weight excluding hydrogens is 270 g/mol. The quantitative estimate of drug-likeness (QED) is 0.501. The number of nitrogens with two attached hydrogens (primary N) is 1. The van der Waals surface area contributed by atoms with E-state index < -0.39 is 5.79 Å². The van der Waals surface area contributed by atoms with Crippen LogP contribution in [-0.4, -0.2) is 25.1 Å². The number of carbonyl (C=O) groups excluding carboxylic acids is 1. The molecule has 0 spiro atoms. The van der Waals surface area contributed by atoms with Gasteiger partial charge in [0.15, 0.2) is 5.78 Å². The minimum Gasteiger partial charge on any atom is -0.507 e. The van der Waals surface area contributed by atoms with Crippen LogP contribution in [-0.2, 0) is 15.3 Å². The van der Waals surface area contributed by atoms with Gasteiger partial charge in [0.25, 0.3) is 0 Å². The minimum atomic E-state index is -1.36. The van der Waals surface area contributed by atoms with Crippen LogP contribution >= 0.6 is 0 Å². The van der Waals surface area contributed by atoms with Crippen LogP contribution in [0.3, 0.4) is 0 Å². The zero-order chi connectivity index (χ0) is 15.2. The summed E-state index contributed by atoms with van der Waals surface area (Å²) in [5.41, 5.74) is 7.69. The molecule has 2 aromatic rings. The normalized spacial score (nSPS) is 15.4.